The van der Waals surface area contributed by atoms with Crippen LogP contribution in [0.3, 0.4) is 0 Å². The Balaban J connectivity index is 2.23. The van der Waals surface area contributed by atoms with Gasteiger partial charge in [0.15, 0.2) is 0 Å². The molecule has 0 atom stereocenters. The molecule has 0 saturated carbocycles. The molecule has 0 fully saturated rings. The van der Waals surface area contributed by atoms with Gasteiger partial charge in [-0.2, -0.15) is 0 Å². The van der Waals surface area contributed by atoms with E-state index in [0.29, 0.717) is 16.2 Å². The lowest BCUT2D eigenvalue weighted by molar-refractivity contribution is -0.297. The Kier molecular flexibility index (Phi) is 6.75. The molecule has 170 valence electrons. The van der Waals surface area contributed by atoms with Crippen LogP contribution in [0.25, 0.3) is 5.31 Å². The van der Waals surface area contributed by atoms with E-state index in [0.717, 1.165) is 16.7 Å². The van der Waals surface area contributed by atoms with Gasteiger partial charge < -0.3 is 14.5 Å². The van der Waals surface area contributed by atoms with Crippen molar-refractivity contribution >= 4 is 44.6 Å². The molecule has 0 radical (unpaired) electrons. The summed E-state index contributed by atoms with van der Waals surface area (Å²) in [6.45, 7) is 0. The van der Waals surface area contributed by atoms with Crippen molar-refractivity contribution in [1.29, 1.82) is 0 Å². The highest BCUT2D eigenvalue weighted by molar-refractivity contribution is 8.03. The second-order valence-corrected chi connectivity index (χ2v) is 12.3. The third-order valence-corrected chi connectivity index (χ3v) is 10.6. The molecular weight excluding hydrogens is 467 g/mol. The van der Waals surface area contributed by atoms with Gasteiger partial charge in [-0.05, 0) is 42.5 Å². The predicted molar refractivity (Wildman–Crippen MR) is 133 cm³/mol. The smallest absolute Gasteiger partial charge is 0.145 e. The van der Waals surface area contributed by atoms with Crippen LogP contribution in [0.2, 0.25) is 0 Å². The number of benzene rings is 4. The molecule has 34 heavy (non-hydrogen) atoms. The molecule has 4 aromatic carbocycles. The molecule has 4 rings (SSSR count). The minimum Gasteiger partial charge on any atom is -0.744 e. The molecule has 0 aliphatic rings. The van der Waals surface area contributed by atoms with Crippen LogP contribution < -0.4 is 21.0 Å². The molecule has 0 aliphatic carbocycles. The van der Waals surface area contributed by atoms with E-state index in [1.165, 1.54) is 18.2 Å². The fraction of sp³-hybridized carbons (Fsp3) is 0. The summed E-state index contributed by atoms with van der Waals surface area (Å²) in [5.74, 6) is -1.37. The van der Waals surface area contributed by atoms with Gasteiger partial charge in [0, 0.05) is 11.6 Å². The summed E-state index contributed by atoms with van der Waals surface area (Å²) in [4.78, 5) is 11.7. The van der Waals surface area contributed by atoms with Crippen LogP contribution in [0.1, 0.15) is 5.56 Å². The van der Waals surface area contributed by atoms with E-state index in [2.05, 4.69) is 0 Å². The lowest BCUT2D eigenvalue weighted by Crippen LogP contribution is -2.33. The first-order valence-corrected chi connectivity index (χ1v) is 13.6. The molecule has 0 bridgehead atoms. The van der Waals surface area contributed by atoms with Gasteiger partial charge in [-0.1, -0.05) is 72.8 Å². The number of aliphatic carboxylic acids is 1. The van der Waals surface area contributed by atoms with Gasteiger partial charge in [0.2, 0.25) is 0 Å². The Morgan fingerprint density at radius 2 is 1.15 bits per heavy atom. The molecular formula is C27H20O5PS-. The maximum absolute atomic E-state index is 12.0. The van der Waals surface area contributed by atoms with Crippen molar-refractivity contribution in [1.82, 2.24) is 0 Å². The van der Waals surface area contributed by atoms with E-state index < -0.39 is 23.3 Å². The fourth-order valence-corrected chi connectivity index (χ4v) is 9.16. The third-order valence-electron chi connectivity index (χ3n) is 5.47. The zero-order valence-corrected chi connectivity index (χ0v) is 19.7. The van der Waals surface area contributed by atoms with E-state index in [-0.39, 0.29) is 4.90 Å². The number of rotatable bonds is 7. The summed E-state index contributed by atoms with van der Waals surface area (Å²) in [7, 11) is -7.74. The van der Waals surface area contributed by atoms with Gasteiger partial charge in [0.1, 0.15) is 38.6 Å². The Bertz CT molecular complexity index is 1390. The summed E-state index contributed by atoms with van der Waals surface area (Å²) in [5, 5.41) is 14.7. The number of carboxylic acid groups (broad SMARTS) is 1. The van der Waals surface area contributed by atoms with Gasteiger partial charge in [-0.15, -0.1) is 0 Å². The third kappa shape index (κ3) is 4.57. The minimum absolute atomic E-state index is 0.373. The standard InChI is InChI=1S/C27H21O5PS/c28-27(29)20-26(21-11-4-1-5-12-21)33(22-13-6-2-7-14-22,23-15-8-3-9-16-23)24-17-10-18-25(19-24)34(30,31)32/h1-20H,(H-,28,29,30,31,32)/p-1/b26-20-. The molecule has 0 saturated heterocycles. The molecule has 0 spiro atoms. The van der Waals surface area contributed by atoms with Crippen molar-refractivity contribution in [2.45, 2.75) is 4.90 Å². The van der Waals surface area contributed by atoms with E-state index in [4.69, 9.17) is 0 Å². The molecule has 0 aliphatic heterocycles. The molecule has 0 N–H and O–H groups in total. The zero-order valence-electron chi connectivity index (χ0n) is 17.9. The lowest BCUT2D eigenvalue weighted by Gasteiger charge is -2.30. The van der Waals surface area contributed by atoms with Crippen molar-refractivity contribution in [3.8, 4) is 0 Å². The first-order valence-electron chi connectivity index (χ1n) is 10.4. The number of hydrogen-bond acceptors (Lipinski definition) is 5. The Morgan fingerprint density at radius 1 is 0.676 bits per heavy atom. The zero-order chi connectivity index (χ0) is 24.2. The number of carboxylic acids is 1. The van der Waals surface area contributed by atoms with E-state index >= 15 is 0 Å². The molecule has 7 heteroatoms. The molecule has 0 amide bonds. The van der Waals surface area contributed by atoms with E-state index in [1.807, 2.05) is 91.0 Å². The molecule has 0 unspecified atom stereocenters. The summed E-state index contributed by atoms with van der Waals surface area (Å²) < 4.78 is 35.8. The average molecular weight is 487 g/mol. The summed E-state index contributed by atoms with van der Waals surface area (Å²) in [6, 6.07) is 33.6. The highest BCUT2D eigenvalue weighted by Gasteiger charge is 2.50. The first kappa shape index (κ1) is 23.6. The Morgan fingerprint density at radius 3 is 1.62 bits per heavy atom. The van der Waals surface area contributed by atoms with Crippen LogP contribution in [0.4, 0.5) is 0 Å². The van der Waals surface area contributed by atoms with Gasteiger partial charge in [0.05, 0.1) is 10.9 Å². The average Bonchev–Trinajstić information content (AvgIpc) is 2.85. The Labute approximate surface area is 199 Å². The van der Waals surface area contributed by atoms with Gasteiger partial charge >= 0.3 is 0 Å². The summed E-state index contributed by atoms with van der Waals surface area (Å²) >= 11 is 0. The molecule has 0 heterocycles. The second kappa shape index (κ2) is 9.74. The van der Waals surface area contributed by atoms with Crippen molar-refractivity contribution in [2.24, 2.45) is 0 Å². The van der Waals surface area contributed by atoms with Crippen LogP contribution in [-0.4, -0.2) is 18.9 Å². The monoisotopic (exact) mass is 487 g/mol. The maximum Gasteiger partial charge on any atom is 0.145 e. The normalized spacial score (nSPS) is 12.3. The summed E-state index contributed by atoms with van der Waals surface area (Å²) in [5.41, 5.74) is 0.656. The lowest BCUT2D eigenvalue weighted by atomic mass is 10.2. The predicted octanol–water partition coefficient (Wildman–Crippen LogP) is 2.68. The fourth-order valence-electron chi connectivity index (χ4n) is 4.11. The van der Waals surface area contributed by atoms with Crippen LogP contribution in [0, 0.1) is 0 Å². The maximum atomic E-state index is 12.0. The number of carbonyl (C=O) groups excluding carboxylic acids is 1. The molecule has 5 nitrogen and oxygen atoms in total. The number of carbonyl (C=O) groups is 1. The van der Waals surface area contributed by atoms with Crippen molar-refractivity contribution in [3.05, 3.63) is 127 Å². The van der Waals surface area contributed by atoms with E-state index in [1.54, 1.807) is 6.07 Å². The van der Waals surface area contributed by atoms with Crippen LogP contribution >= 0.6 is 7.26 Å². The SMILES string of the molecule is O=C([O-])/C=C(/c1ccccc1)[P+](c1ccccc1)(c1ccccc1)c1cccc(S(=O)(=O)[O-])c1. The van der Waals surface area contributed by atoms with Crippen LogP contribution in [0.15, 0.2) is 126 Å². The summed E-state index contributed by atoms with van der Waals surface area (Å²) in [6.07, 6.45) is 1.08. The van der Waals surface area contributed by atoms with E-state index in [9.17, 15) is 22.9 Å². The Hall–Kier alpha value is -3.57. The van der Waals surface area contributed by atoms with Crippen molar-refractivity contribution in [2.75, 3.05) is 0 Å². The first-order chi connectivity index (χ1) is 16.3. The second-order valence-electron chi connectivity index (χ2n) is 7.51. The molecule has 4 aromatic rings. The van der Waals surface area contributed by atoms with Gasteiger partial charge in [-0.25, -0.2) is 8.42 Å². The topological polar surface area (TPSA) is 97.3 Å². The largest absolute Gasteiger partial charge is 0.744 e. The van der Waals surface area contributed by atoms with Crippen molar-refractivity contribution in [3.63, 3.8) is 0 Å². The number of hydrogen-bond donors (Lipinski definition) is 0. The minimum atomic E-state index is -4.74. The quantitative estimate of drug-likeness (QED) is 0.227. The highest BCUT2D eigenvalue weighted by atomic mass is 32.2. The molecule has 0 aromatic heterocycles. The van der Waals surface area contributed by atoms with Gasteiger partial charge in [0.25, 0.3) is 0 Å². The highest BCUT2D eigenvalue weighted by Crippen LogP contribution is 2.66. The van der Waals surface area contributed by atoms with Crippen LogP contribution in [0.5, 0.6) is 0 Å². The van der Waals surface area contributed by atoms with Gasteiger partial charge in [-0.3, -0.25) is 0 Å². The van der Waals surface area contributed by atoms with Crippen molar-refractivity contribution < 1.29 is 22.9 Å². The van der Waals surface area contributed by atoms with Crippen LogP contribution in [-0.2, 0) is 14.9 Å².